The molecule has 20 heavy (non-hydrogen) atoms. The lowest BCUT2D eigenvalue weighted by Gasteiger charge is -2.23. The first kappa shape index (κ1) is 13.2. The molecule has 3 heteroatoms. The van der Waals surface area contributed by atoms with Crippen molar-refractivity contribution in [2.24, 2.45) is 5.73 Å². The van der Waals surface area contributed by atoms with Gasteiger partial charge in [0, 0.05) is 31.2 Å². The number of hydrogen-bond donors (Lipinski definition) is 1. The van der Waals surface area contributed by atoms with Gasteiger partial charge in [0.25, 0.3) is 0 Å². The van der Waals surface area contributed by atoms with E-state index in [-0.39, 0.29) is 6.04 Å². The standard InChI is InChI=1S/C17H20N2O/c1-20-17-9-5-8-14-15(17)12-19(16(14)10-18)11-13-6-3-2-4-7-13/h2-9,16H,10-12,18H2,1H3. The Hall–Kier alpha value is -1.84. The quantitative estimate of drug-likeness (QED) is 0.926. The van der Waals surface area contributed by atoms with Gasteiger partial charge in [-0.15, -0.1) is 0 Å². The van der Waals surface area contributed by atoms with Crippen LogP contribution in [0.5, 0.6) is 5.75 Å². The van der Waals surface area contributed by atoms with E-state index in [1.165, 1.54) is 16.7 Å². The molecule has 2 aromatic rings. The highest BCUT2D eigenvalue weighted by atomic mass is 16.5. The zero-order valence-corrected chi connectivity index (χ0v) is 11.8. The van der Waals surface area contributed by atoms with Crippen LogP contribution in [-0.4, -0.2) is 18.6 Å². The van der Waals surface area contributed by atoms with Crippen molar-refractivity contribution in [1.82, 2.24) is 4.90 Å². The number of methoxy groups -OCH3 is 1. The van der Waals surface area contributed by atoms with Gasteiger partial charge in [-0.3, -0.25) is 4.90 Å². The van der Waals surface area contributed by atoms with Crippen LogP contribution in [0, 0.1) is 0 Å². The summed E-state index contributed by atoms with van der Waals surface area (Å²) in [6.07, 6.45) is 0. The highest BCUT2D eigenvalue weighted by Gasteiger charge is 2.30. The minimum atomic E-state index is 0.278. The lowest BCUT2D eigenvalue weighted by molar-refractivity contribution is 0.210. The minimum Gasteiger partial charge on any atom is -0.496 e. The number of benzene rings is 2. The predicted octanol–water partition coefficient (Wildman–Crippen LogP) is 2.71. The molecule has 1 atom stereocenters. The lowest BCUT2D eigenvalue weighted by atomic mass is 10.0. The van der Waals surface area contributed by atoms with Gasteiger partial charge < -0.3 is 10.5 Å². The largest absolute Gasteiger partial charge is 0.496 e. The first-order chi connectivity index (χ1) is 9.83. The van der Waals surface area contributed by atoms with E-state index in [1.807, 2.05) is 18.2 Å². The average Bonchev–Trinajstić information content (AvgIpc) is 2.85. The van der Waals surface area contributed by atoms with Crippen molar-refractivity contribution in [3.63, 3.8) is 0 Å². The lowest BCUT2D eigenvalue weighted by Crippen LogP contribution is -2.27. The SMILES string of the molecule is COc1cccc2c1CN(Cc1ccccc1)C2CN. The Balaban J connectivity index is 1.88. The molecule has 0 amide bonds. The van der Waals surface area contributed by atoms with Crippen molar-refractivity contribution in [2.75, 3.05) is 13.7 Å². The predicted molar refractivity (Wildman–Crippen MR) is 80.5 cm³/mol. The van der Waals surface area contributed by atoms with Gasteiger partial charge in [0.2, 0.25) is 0 Å². The second-order valence-corrected chi connectivity index (χ2v) is 5.17. The molecular formula is C17H20N2O. The van der Waals surface area contributed by atoms with Crippen molar-refractivity contribution < 1.29 is 4.74 Å². The Bertz CT molecular complexity index is 583. The smallest absolute Gasteiger partial charge is 0.123 e. The topological polar surface area (TPSA) is 38.5 Å². The third-order valence-electron chi connectivity index (χ3n) is 4.00. The van der Waals surface area contributed by atoms with Crippen LogP contribution in [0.1, 0.15) is 22.7 Å². The third kappa shape index (κ3) is 2.30. The zero-order valence-electron chi connectivity index (χ0n) is 11.8. The fourth-order valence-corrected chi connectivity index (χ4v) is 3.03. The van der Waals surface area contributed by atoms with Crippen LogP contribution in [0.2, 0.25) is 0 Å². The number of ether oxygens (including phenoxy) is 1. The molecule has 104 valence electrons. The molecule has 1 aliphatic rings. The van der Waals surface area contributed by atoms with Gasteiger partial charge in [-0.2, -0.15) is 0 Å². The van der Waals surface area contributed by atoms with Crippen molar-refractivity contribution in [3.8, 4) is 5.75 Å². The Morgan fingerprint density at radius 3 is 2.65 bits per heavy atom. The number of rotatable bonds is 4. The number of nitrogens with zero attached hydrogens (tertiary/aromatic N) is 1. The molecule has 0 bridgehead atoms. The summed E-state index contributed by atoms with van der Waals surface area (Å²) in [5.41, 5.74) is 9.91. The molecule has 1 unspecified atom stereocenters. The van der Waals surface area contributed by atoms with E-state index in [4.69, 9.17) is 10.5 Å². The van der Waals surface area contributed by atoms with E-state index in [9.17, 15) is 0 Å². The van der Waals surface area contributed by atoms with Crippen molar-refractivity contribution in [1.29, 1.82) is 0 Å². The maximum Gasteiger partial charge on any atom is 0.123 e. The number of fused-ring (bicyclic) bond motifs is 1. The fourth-order valence-electron chi connectivity index (χ4n) is 3.03. The molecule has 3 rings (SSSR count). The van der Waals surface area contributed by atoms with Gasteiger partial charge in [0.15, 0.2) is 0 Å². The Labute approximate surface area is 120 Å². The second kappa shape index (κ2) is 5.65. The summed E-state index contributed by atoms with van der Waals surface area (Å²) in [6.45, 7) is 2.45. The van der Waals surface area contributed by atoms with Crippen LogP contribution in [0.15, 0.2) is 48.5 Å². The van der Waals surface area contributed by atoms with Crippen molar-refractivity contribution in [2.45, 2.75) is 19.1 Å². The van der Waals surface area contributed by atoms with Gasteiger partial charge in [-0.05, 0) is 17.2 Å². The van der Waals surface area contributed by atoms with Gasteiger partial charge in [0.1, 0.15) is 5.75 Å². The van der Waals surface area contributed by atoms with Crippen molar-refractivity contribution >= 4 is 0 Å². The summed E-state index contributed by atoms with van der Waals surface area (Å²) in [5, 5.41) is 0. The molecule has 0 saturated heterocycles. The number of nitrogens with two attached hydrogens (primary N) is 1. The first-order valence-corrected chi connectivity index (χ1v) is 6.97. The van der Waals surface area contributed by atoms with E-state index < -0.39 is 0 Å². The molecular weight excluding hydrogens is 248 g/mol. The third-order valence-corrected chi connectivity index (χ3v) is 4.00. The first-order valence-electron chi connectivity index (χ1n) is 6.97. The molecule has 0 spiro atoms. The number of hydrogen-bond acceptors (Lipinski definition) is 3. The summed E-state index contributed by atoms with van der Waals surface area (Å²) in [4.78, 5) is 2.42. The highest BCUT2D eigenvalue weighted by Crippen LogP contribution is 2.38. The summed E-state index contributed by atoms with van der Waals surface area (Å²) < 4.78 is 5.48. The van der Waals surface area contributed by atoms with Crippen LogP contribution in [0.4, 0.5) is 0 Å². The fraction of sp³-hybridized carbons (Fsp3) is 0.294. The van der Waals surface area contributed by atoms with Gasteiger partial charge >= 0.3 is 0 Å². The van der Waals surface area contributed by atoms with E-state index in [2.05, 4.69) is 35.2 Å². The van der Waals surface area contributed by atoms with E-state index >= 15 is 0 Å². The Morgan fingerprint density at radius 1 is 1.15 bits per heavy atom. The molecule has 0 fully saturated rings. The minimum absolute atomic E-state index is 0.278. The normalized spacial score (nSPS) is 18.0. The summed E-state index contributed by atoms with van der Waals surface area (Å²) in [7, 11) is 1.73. The van der Waals surface area contributed by atoms with E-state index in [0.717, 1.165) is 18.8 Å². The second-order valence-electron chi connectivity index (χ2n) is 5.17. The highest BCUT2D eigenvalue weighted by molar-refractivity contribution is 5.45. The average molecular weight is 268 g/mol. The van der Waals surface area contributed by atoms with Gasteiger partial charge in [0.05, 0.1) is 7.11 Å². The van der Waals surface area contributed by atoms with Crippen LogP contribution in [0.3, 0.4) is 0 Å². The van der Waals surface area contributed by atoms with E-state index in [1.54, 1.807) is 7.11 Å². The Kier molecular flexibility index (Phi) is 3.72. The molecule has 0 radical (unpaired) electrons. The van der Waals surface area contributed by atoms with Crippen LogP contribution in [-0.2, 0) is 13.1 Å². The van der Waals surface area contributed by atoms with Gasteiger partial charge in [-0.25, -0.2) is 0 Å². The molecule has 0 saturated carbocycles. The van der Waals surface area contributed by atoms with Crippen LogP contribution in [0.25, 0.3) is 0 Å². The monoisotopic (exact) mass is 268 g/mol. The van der Waals surface area contributed by atoms with E-state index in [0.29, 0.717) is 6.54 Å². The summed E-state index contributed by atoms with van der Waals surface area (Å²) in [5.74, 6) is 0.969. The molecule has 1 aliphatic heterocycles. The zero-order chi connectivity index (χ0) is 13.9. The maximum absolute atomic E-state index is 6.00. The molecule has 0 aliphatic carbocycles. The van der Waals surface area contributed by atoms with Gasteiger partial charge in [-0.1, -0.05) is 42.5 Å². The van der Waals surface area contributed by atoms with Crippen molar-refractivity contribution in [3.05, 3.63) is 65.2 Å². The molecule has 1 heterocycles. The van der Waals surface area contributed by atoms with Crippen LogP contribution >= 0.6 is 0 Å². The summed E-state index contributed by atoms with van der Waals surface area (Å²) >= 11 is 0. The molecule has 2 aromatic carbocycles. The molecule has 2 N–H and O–H groups in total. The van der Waals surface area contributed by atoms with Crippen LogP contribution < -0.4 is 10.5 Å². The molecule has 3 nitrogen and oxygen atoms in total. The maximum atomic E-state index is 6.00. The Morgan fingerprint density at radius 2 is 1.95 bits per heavy atom. The molecule has 0 aromatic heterocycles. The summed E-state index contributed by atoms with van der Waals surface area (Å²) in [6, 6.07) is 17.0.